The highest BCUT2D eigenvalue weighted by Crippen LogP contribution is 2.32. The summed E-state index contributed by atoms with van der Waals surface area (Å²) in [7, 11) is 1.54. The molecular weight excluding hydrogens is 466 g/mol. The zero-order valence-corrected chi connectivity index (χ0v) is 19.3. The monoisotopic (exact) mass is 489 g/mol. The molecule has 2 aromatic carbocycles. The van der Waals surface area contributed by atoms with E-state index in [-0.39, 0.29) is 24.8 Å². The van der Waals surface area contributed by atoms with Crippen LogP contribution in [0.5, 0.6) is 5.75 Å². The van der Waals surface area contributed by atoms with Gasteiger partial charge in [-0.25, -0.2) is 19.7 Å². The van der Waals surface area contributed by atoms with Gasteiger partial charge in [-0.05, 0) is 36.4 Å². The van der Waals surface area contributed by atoms with Crippen LogP contribution in [0.1, 0.15) is 33.4 Å². The minimum Gasteiger partial charge on any atom is -0.497 e. The van der Waals surface area contributed by atoms with E-state index in [0.29, 0.717) is 28.0 Å². The van der Waals surface area contributed by atoms with E-state index >= 15 is 0 Å². The van der Waals surface area contributed by atoms with Gasteiger partial charge in [0.2, 0.25) is 0 Å². The molecule has 184 valence electrons. The van der Waals surface area contributed by atoms with E-state index in [0.717, 1.165) is 0 Å². The second kappa shape index (κ2) is 10.1. The van der Waals surface area contributed by atoms with Crippen molar-refractivity contribution >= 4 is 28.9 Å². The zero-order valence-electron chi connectivity index (χ0n) is 19.3. The lowest BCUT2D eigenvalue weighted by Gasteiger charge is -2.16. The first-order chi connectivity index (χ1) is 17.5. The number of fused-ring (bicyclic) bond motifs is 1. The highest BCUT2D eigenvalue weighted by molar-refractivity contribution is 6.06. The Hall–Kier alpha value is -4.35. The molecule has 0 unspecified atom stereocenters. The summed E-state index contributed by atoms with van der Waals surface area (Å²) >= 11 is 0. The summed E-state index contributed by atoms with van der Waals surface area (Å²) in [6.07, 6.45) is 0.888. The van der Waals surface area contributed by atoms with Gasteiger partial charge < -0.3 is 24.6 Å². The number of hydrogen-bond acceptors (Lipinski definition) is 9. The summed E-state index contributed by atoms with van der Waals surface area (Å²) in [5, 5.41) is 13.3. The summed E-state index contributed by atoms with van der Waals surface area (Å²) in [5.41, 5.74) is 1.66. The van der Waals surface area contributed by atoms with Crippen molar-refractivity contribution in [2.24, 2.45) is 0 Å². The maximum atomic E-state index is 12.6. The largest absolute Gasteiger partial charge is 0.497 e. The summed E-state index contributed by atoms with van der Waals surface area (Å²) in [6, 6.07) is 15.3. The van der Waals surface area contributed by atoms with Gasteiger partial charge in [0.1, 0.15) is 31.0 Å². The van der Waals surface area contributed by atoms with Crippen LogP contribution in [0.25, 0.3) is 11.2 Å². The molecule has 11 heteroatoms. The summed E-state index contributed by atoms with van der Waals surface area (Å²) in [4.78, 5) is 37.7. The van der Waals surface area contributed by atoms with Crippen LogP contribution in [-0.4, -0.2) is 62.4 Å². The fourth-order valence-electron chi connectivity index (χ4n) is 3.93. The van der Waals surface area contributed by atoms with Gasteiger partial charge in [0.05, 0.1) is 25.1 Å². The van der Waals surface area contributed by atoms with Crippen LogP contribution < -0.4 is 10.1 Å². The summed E-state index contributed by atoms with van der Waals surface area (Å²) in [6.45, 7) is -0.122. The number of aliphatic hydroxyl groups is 1. The number of rotatable bonds is 7. The Morgan fingerprint density at radius 2 is 1.86 bits per heavy atom. The van der Waals surface area contributed by atoms with Crippen molar-refractivity contribution in [3.63, 3.8) is 0 Å². The second-order valence-corrected chi connectivity index (χ2v) is 8.13. The van der Waals surface area contributed by atoms with Crippen LogP contribution >= 0.6 is 0 Å². The molecule has 3 heterocycles. The van der Waals surface area contributed by atoms with Gasteiger partial charge in [-0.15, -0.1) is 0 Å². The number of carbonyl (C=O) groups is 2. The molecule has 0 aliphatic carbocycles. The third kappa shape index (κ3) is 4.74. The SMILES string of the molecule is COc1ccc(C(=O)OC[C@H]2O[C@@H](n3cnc4c(NC(=O)c5ccccc5)ncnc43)C[C@H]2O)cc1. The summed E-state index contributed by atoms with van der Waals surface area (Å²) in [5.74, 6) is 0.0344. The predicted octanol–water partition coefficient (Wildman–Crippen LogP) is 2.59. The topological polar surface area (TPSA) is 138 Å². The molecule has 0 radical (unpaired) electrons. The second-order valence-electron chi connectivity index (χ2n) is 8.13. The molecule has 0 bridgehead atoms. The Morgan fingerprint density at radius 3 is 2.61 bits per heavy atom. The van der Waals surface area contributed by atoms with Gasteiger partial charge in [0.25, 0.3) is 5.91 Å². The predicted molar refractivity (Wildman–Crippen MR) is 128 cm³/mol. The average Bonchev–Trinajstić information content (AvgIpc) is 3.51. The van der Waals surface area contributed by atoms with Gasteiger partial charge in [0.15, 0.2) is 17.0 Å². The molecule has 0 saturated carbocycles. The van der Waals surface area contributed by atoms with E-state index in [9.17, 15) is 14.7 Å². The first-order valence-electron chi connectivity index (χ1n) is 11.2. The Bertz CT molecular complexity index is 1370. The van der Waals surface area contributed by atoms with Gasteiger partial charge in [0, 0.05) is 12.0 Å². The molecule has 5 rings (SSSR count). The third-order valence-electron chi connectivity index (χ3n) is 5.85. The number of carbonyl (C=O) groups excluding carboxylic acids is 2. The number of aliphatic hydroxyl groups excluding tert-OH is 1. The molecule has 1 amide bonds. The van der Waals surface area contributed by atoms with Crippen LogP contribution in [0.4, 0.5) is 5.82 Å². The van der Waals surface area contributed by atoms with Crippen molar-refractivity contribution in [2.75, 3.05) is 19.0 Å². The molecule has 2 N–H and O–H groups in total. The van der Waals surface area contributed by atoms with E-state index in [2.05, 4.69) is 20.3 Å². The lowest BCUT2D eigenvalue weighted by Crippen LogP contribution is -2.28. The minimum absolute atomic E-state index is 0.122. The van der Waals surface area contributed by atoms with Crippen LogP contribution in [-0.2, 0) is 9.47 Å². The first kappa shape index (κ1) is 23.4. The Balaban J connectivity index is 1.26. The standard InChI is InChI=1S/C25H23N5O6/c1-34-17-9-7-16(8-10-17)25(33)35-12-19-18(31)11-20(36-19)30-14-28-21-22(26-13-27-23(21)30)29-24(32)15-5-3-2-4-6-15/h2-10,13-14,18-20,31H,11-12H2,1H3,(H,26,27,29,32)/t18-,19-,20-/m1/s1. The van der Waals surface area contributed by atoms with Crippen molar-refractivity contribution in [2.45, 2.75) is 24.9 Å². The number of nitrogens with zero attached hydrogens (tertiary/aromatic N) is 4. The molecule has 1 aliphatic heterocycles. The number of hydrogen-bond donors (Lipinski definition) is 2. The number of anilines is 1. The van der Waals surface area contributed by atoms with Crippen LogP contribution in [0, 0.1) is 0 Å². The Kier molecular flexibility index (Phi) is 6.56. The quantitative estimate of drug-likeness (QED) is 0.375. The molecule has 11 nitrogen and oxygen atoms in total. The van der Waals surface area contributed by atoms with Crippen molar-refractivity contribution in [1.82, 2.24) is 19.5 Å². The van der Waals surface area contributed by atoms with Crippen molar-refractivity contribution in [3.05, 3.63) is 78.4 Å². The highest BCUT2D eigenvalue weighted by atomic mass is 16.6. The van der Waals surface area contributed by atoms with Crippen molar-refractivity contribution in [3.8, 4) is 5.75 Å². The molecular formula is C25H23N5O6. The number of benzene rings is 2. The third-order valence-corrected chi connectivity index (χ3v) is 5.85. The van der Waals surface area contributed by atoms with Gasteiger partial charge in [-0.1, -0.05) is 18.2 Å². The van der Waals surface area contributed by atoms with E-state index < -0.39 is 24.4 Å². The van der Waals surface area contributed by atoms with Crippen LogP contribution in [0.2, 0.25) is 0 Å². The van der Waals surface area contributed by atoms with E-state index in [1.54, 1.807) is 60.2 Å². The van der Waals surface area contributed by atoms with Crippen LogP contribution in [0.3, 0.4) is 0 Å². The molecule has 36 heavy (non-hydrogen) atoms. The number of ether oxygens (including phenoxy) is 3. The number of nitrogens with one attached hydrogen (secondary N) is 1. The number of esters is 1. The van der Waals surface area contributed by atoms with Gasteiger partial charge in [-0.2, -0.15) is 0 Å². The normalized spacial score (nSPS) is 19.2. The molecule has 3 atom stereocenters. The Morgan fingerprint density at radius 1 is 1.08 bits per heavy atom. The smallest absolute Gasteiger partial charge is 0.338 e. The lowest BCUT2D eigenvalue weighted by molar-refractivity contribution is -0.0509. The maximum Gasteiger partial charge on any atom is 0.338 e. The van der Waals surface area contributed by atoms with E-state index in [1.165, 1.54) is 12.7 Å². The summed E-state index contributed by atoms with van der Waals surface area (Å²) < 4.78 is 18.1. The number of imidazole rings is 1. The zero-order chi connectivity index (χ0) is 25.1. The average molecular weight is 489 g/mol. The number of aromatic nitrogens is 4. The maximum absolute atomic E-state index is 12.6. The molecule has 4 aromatic rings. The number of amides is 1. The van der Waals surface area contributed by atoms with Crippen molar-refractivity contribution in [1.29, 1.82) is 0 Å². The van der Waals surface area contributed by atoms with E-state index in [1.807, 2.05) is 6.07 Å². The molecule has 1 saturated heterocycles. The Labute approximate surface area is 205 Å². The van der Waals surface area contributed by atoms with Crippen molar-refractivity contribution < 1.29 is 28.9 Å². The lowest BCUT2D eigenvalue weighted by atomic mass is 10.2. The first-order valence-corrected chi connectivity index (χ1v) is 11.2. The van der Waals surface area contributed by atoms with Gasteiger partial charge in [-0.3, -0.25) is 9.36 Å². The molecule has 0 spiro atoms. The molecule has 1 aliphatic rings. The fourth-order valence-corrected chi connectivity index (χ4v) is 3.93. The van der Waals surface area contributed by atoms with E-state index in [4.69, 9.17) is 14.2 Å². The fraction of sp³-hybridized carbons (Fsp3) is 0.240. The number of methoxy groups -OCH3 is 1. The van der Waals surface area contributed by atoms with Crippen LogP contribution in [0.15, 0.2) is 67.3 Å². The highest BCUT2D eigenvalue weighted by Gasteiger charge is 2.37. The van der Waals surface area contributed by atoms with Gasteiger partial charge >= 0.3 is 5.97 Å². The molecule has 1 fully saturated rings. The molecule has 2 aromatic heterocycles. The minimum atomic E-state index is -0.866.